The standard InChI is InChI=1S/C11H13BrFN/c1-7(2)6-10(14)8-4-3-5-9(13)11(8)12/h3-6,10H,14H2,1-2H3. The molecule has 14 heavy (non-hydrogen) atoms. The molecule has 0 radical (unpaired) electrons. The van der Waals surface area contributed by atoms with Gasteiger partial charge in [-0.05, 0) is 41.4 Å². The Labute approximate surface area is 91.9 Å². The fourth-order valence-electron chi connectivity index (χ4n) is 1.23. The van der Waals surface area contributed by atoms with Crippen LogP contribution in [0.2, 0.25) is 0 Å². The number of nitrogens with two attached hydrogens (primary N) is 1. The van der Waals surface area contributed by atoms with E-state index in [0.29, 0.717) is 4.47 Å². The zero-order valence-corrected chi connectivity index (χ0v) is 9.81. The van der Waals surface area contributed by atoms with Crippen LogP contribution in [-0.2, 0) is 0 Å². The number of halogens is 2. The number of benzene rings is 1. The number of rotatable bonds is 2. The molecule has 1 aromatic rings. The van der Waals surface area contributed by atoms with E-state index in [2.05, 4.69) is 15.9 Å². The summed E-state index contributed by atoms with van der Waals surface area (Å²) in [7, 11) is 0. The molecule has 0 aromatic heterocycles. The summed E-state index contributed by atoms with van der Waals surface area (Å²) in [5.74, 6) is -0.278. The van der Waals surface area contributed by atoms with E-state index in [1.54, 1.807) is 6.07 Å². The third kappa shape index (κ3) is 2.66. The van der Waals surface area contributed by atoms with E-state index in [4.69, 9.17) is 5.73 Å². The van der Waals surface area contributed by atoms with Crippen LogP contribution in [0.5, 0.6) is 0 Å². The van der Waals surface area contributed by atoms with Gasteiger partial charge in [-0.2, -0.15) is 0 Å². The minimum Gasteiger partial charge on any atom is -0.321 e. The second kappa shape index (κ2) is 4.71. The fourth-order valence-corrected chi connectivity index (χ4v) is 1.76. The summed E-state index contributed by atoms with van der Waals surface area (Å²) in [6.07, 6.45) is 1.90. The van der Waals surface area contributed by atoms with Gasteiger partial charge >= 0.3 is 0 Å². The minimum atomic E-state index is -0.278. The van der Waals surface area contributed by atoms with Crippen LogP contribution in [0.4, 0.5) is 4.39 Å². The Morgan fingerprint density at radius 1 is 1.50 bits per heavy atom. The molecule has 0 fully saturated rings. The highest BCUT2D eigenvalue weighted by molar-refractivity contribution is 9.10. The molecule has 0 saturated heterocycles. The molecule has 76 valence electrons. The lowest BCUT2D eigenvalue weighted by atomic mass is 10.1. The maximum absolute atomic E-state index is 13.2. The van der Waals surface area contributed by atoms with E-state index in [-0.39, 0.29) is 11.9 Å². The molecule has 1 aromatic carbocycles. The van der Waals surface area contributed by atoms with Crippen molar-refractivity contribution < 1.29 is 4.39 Å². The summed E-state index contributed by atoms with van der Waals surface area (Å²) in [4.78, 5) is 0. The van der Waals surface area contributed by atoms with Crippen molar-refractivity contribution in [1.82, 2.24) is 0 Å². The van der Waals surface area contributed by atoms with E-state index >= 15 is 0 Å². The number of hydrogen-bond acceptors (Lipinski definition) is 1. The lowest BCUT2D eigenvalue weighted by Crippen LogP contribution is -2.08. The number of allylic oxidation sites excluding steroid dienone is 1. The molecule has 0 saturated carbocycles. The van der Waals surface area contributed by atoms with E-state index < -0.39 is 0 Å². The highest BCUT2D eigenvalue weighted by atomic mass is 79.9. The summed E-state index contributed by atoms with van der Waals surface area (Å²) < 4.78 is 13.6. The van der Waals surface area contributed by atoms with Gasteiger partial charge in [-0.1, -0.05) is 23.8 Å². The zero-order chi connectivity index (χ0) is 10.7. The van der Waals surface area contributed by atoms with Crippen molar-refractivity contribution in [1.29, 1.82) is 0 Å². The first-order valence-electron chi connectivity index (χ1n) is 4.37. The zero-order valence-electron chi connectivity index (χ0n) is 8.22. The Morgan fingerprint density at radius 3 is 2.71 bits per heavy atom. The molecule has 0 aliphatic carbocycles. The van der Waals surface area contributed by atoms with Crippen molar-refractivity contribution in [3.63, 3.8) is 0 Å². The van der Waals surface area contributed by atoms with Crippen LogP contribution in [0.15, 0.2) is 34.3 Å². The topological polar surface area (TPSA) is 26.0 Å². The Bertz CT molecular complexity index is 356. The summed E-state index contributed by atoms with van der Waals surface area (Å²) in [5, 5.41) is 0. The molecule has 1 atom stereocenters. The minimum absolute atomic E-state index is 0.259. The molecular weight excluding hydrogens is 245 g/mol. The van der Waals surface area contributed by atoms with Crippen LogP contribution < -0.4 is 5.73 Å². The molecule has 1 unspecified atom stereocenters. The summed E-state index contributed by atoms with van der Waals surface area (Å²) in [5.41, 5.74) is 7.78. The van der Waals surface area contributed by atoms with Gasteiger partial charge in [0.1, 0.15) is 5.82 Å². The van der Waals surface area contributed by atoms with E-state index in [1.165, 1.54) is 6.07 Å². The first-order chi connectivity index (χ1) is 6.52. The van der Waals surface area contributed by atoms with Crippen LogP contribution in [-0.4, -0.2) is 0 Å². The summed E-state index contributed by atoms with van der Waals surface area (Å²) in [6, 6.07) is 4.62. The van der Waals surface area contributed by atoms with Gasteiger partial charge in [0.2, 0.25) is 0 Å². The Kier molecular flexibility index (Phi) is 3.84. The van der Waals surface area contributed by atoms with Crippen molar-refractivity contribution in [2.75, 3.05) is 0 Å². The van der Waals surface area contributed by atoms with Gasteiger partial charge in [0.25, 0.3) is 0 Å². The van der Waals surface area contributed by atoms with Gasteiger partial charge < -0.3 is 5.73 Å². The molecule has 3 heteroatoms. The quantitative estimate of drug-likeness (QED) is 0.806. The molecule has 0 spiro atoms. The second-order valence-electron chi connectivity index (χ2n) is 3.41. The van der Waals surface area contributed by atoms with Crippen LogP contribution >= 0.6 is 15.9 Å². The predicted octanol–water partition coefficient (Wildman–Crippen LogP) is 3.55. The lowest BCUT2D eigenvalue weighted by Gasteiger charge is -2.10. The maximum Gasteiger partial charge on any atom is 0.137 e. The average molecular weight is 258 g/mol. The first kappa shape index (κ1) is 11.4. The van der Waals surface area contributed by atoms with E-state index in [9.17, 15) is 4.39 Å². The van der Waals surface area contributed by atoms with Crippen molar-refractivity contribution in [2.24, 2.45) is 5.73 Å². The van der Waals surface area contributed by atoms with Crippen molar-refractivity contribution >= 4 is 15.9 Å². The van der Waals surface area contributed by atoms with Crippen LogP contribution in [0.25, 0.3) is 0 Å². The monoisotopic (exact) mass is 257 g/mol. The molecule has 0 aliphatic rings. The molecular formula is C11H13BrFN. The maximum atomic E-state index is 13.2. The Hall–Kier alpha value is -0.670. The molecule has 0 amide bonds. The van der Waals surface area contributed by atoms with E-state index in [1.807, 2.05) is 26.0 Å². The third-order valence-corrected chi connectivity index (χ3v) is 2.69. The Morgan fingerprint density at radius 2 is 2.14 bits per heavy atom. The summed E-state index contributed by atoms with van der Waals surface area (Å²) >= 11 is 3.19. The van der Waals surface area contributed by atoms with Gasteiger partial charge in [-0.15, -0.1) is 0 Å². The molecule has 0 aliphatic heterocycles. The molecule has 0 heterocycles. The predicted molar refractivity (Wildman–Crippen MR) is 60.5 cm³/mol. The van der Waals surface area contributed by atoms with Gasteiger partial charge in [0.15, 0.2) is 0 Å². The van der Waals surface area contributed by atoms with Crippen LogP contribution in [0.3, 0.4) is 0 Å². The van der Waals surface area contributed by atoms with Crippen molar-refractivity contribution in [3.05, 3.63) is 45.7 Å². The summed E-state index contributed by atoms with van der Waals surface area (Å²) in [6.45, 7) is 3.93. The van der Waals surface area contributed by atoms with Gasteiger partial charge in [-0.3, -0.25) is 0 Å². The molecule has 1 rings (SSSR count). The first-order valence-corrected chi connectivity index (χ1v) is 5.16. The smallest absolute Gasteiger partial charge is 0.137 e. The number of hydrogen-bond donors (Lipinski definition) is 1. The average Bonchev–Trinajstić information content (AvgIpc) is 2.08. The highest BCUT2D eigenvalue weighted by Crippen LogP contribution is 2.25. The SMILES string of the molecule is CC(C)=CC(N)c1cccc(F)c1Br. The molecule has 0 bridgehead atoms. The fraction of sp³-hybridized carbons (Fsp3) is 0.273. The molecule has 1 nitrogen and oxygen atoms in total. The van der Waals surface area contributed by atoms with E-state index in [0.717, 1.165) is 11.1 Å². The van der Waals surface area contributed by atoms with Crippen molar-refractivity contribution in [2.45, 2.75) is 19.9 Å². The second-order valence-corrected chi connectivity index (χ2v) is 4.21. The van der Waals surface area contributed by atoms with Crippen LogP contribution in [0, 0.1) is 5.82 Å². The largest absolute Gasteiger partial charge is 0.321 e. The van der Waals surface area contributed by atoms with Crippen LogP contribution in [0.1, 0.15) is 25.5 Å². The Balaban J connectivity index is 3.07. The molecule has 2 N–H and O–H groups in total. The highest BCUT2D eigenvalue weighted by Gasteiger charge is 2.09. The third-order valence-electron chi connectivity index (χ3n) is 1.85. The van der Waals surface area contributed by atoms with Gasteiger partial charge in [-0.25, -0.2) is 4.39 Å². The lowest BCUT2D eigenvalue weighted by molar-refractivity contribution is 0.616. The van der Waals surface area contributed by atoms with Gasteiger partial charge in [0.05, 0.1) is 4.47 Å². The van der Waals surface area contributed by atoms with Crippen molar-refractivity contribution in [3.8, 4) is 0 Å². The normalized spacial score (nSPS) is 12.4. The van der Waals surface area contributed by atoms with Gasteiger partial charge in [0, 0.05) is 6.04 Å².